The van der Waals surface area contributed by atoms with E-state index in [1.165, 1.54) is 19.2 Å². The molecule has 0 atom stereocenters. The van der Waals surface area contributed by atoms with Crippen molar-refractivity contribution in [2.45, 2.75) is 19.8 Å². The first-order chi connectivity index (χ1) is 14.6. The molecule has 1 saturated heterocycles. The molecule has 0 bridgehead atoms. The number of halogens is 1. The molecule has 1 aliphatic heterocycles. The van der Waals surface area contributed by atoms with E-state index in [9.17, 15) is 9.18 Å². The third-order valence-corrected chi connectivity index (χ3v) is 5.59. The Hall–Kier alpha value is -3.15. The number of pyridine rings is 1. The molecule has 4 rings (SSSR count). The van der Waals surface area contributed by atoms with E-state index in [0.717, 1.165) is 53.8 Å². The van der Waals surface area contributed by atoms with E-state index in [1.54, 1.807) is 6.07 Å². The monoisotopic (exact) mass is 408 g/mol. The highest BCUT2D eigenvalue weighted by molar-refractivity contribution is 5.87. The minimum atomic E-state index is -0.325. The number of carbonyl (C=O) groups is 1. The molecule has 2 aromatic carbocycles. The number of fused-ring (bicyclic) bond motifs is 1. The summed E-state index contributed by atoms with van der Waals surface area (Å²) in [5, 5.41) is 1.00. The lowest BCUT2D eigenvalue weighted by Gasteiger charge is -2.31. The first-order valence-electron chi connectivity index (χ1n) is 10.3. The first-order valence-corrected chi connectivity index (χ1v) is 10.3. The number of benzene rings is 2. The van der Waals surface area contributed by atoms with E-state index in [4.69, 9.17) is 14.5 Å². The standard InChI is InChI=1S/C24H25FN2O3/c1-3-30-24(28)16-10-12-27(13-11-16)23-9-5-18-14-17(4-8-21(18)26-23)20-7-6-19(25)15-22(20)29-2/h4-9,14-16H,3,10-13H2,1-2H3. The molecule has 0 spiro atoms. The summed E-state index contributed by atoms with van der Waals surface area (Å²) in [6.45, 7) is 3.83. The number of methoxy groups -OCH3 is 1. The van der Waals surface area contributed by atoms with Crippen molar-refractivity contribution in [3.63, 3.8) is 0 Å². The van der Waals surface area contributed by atoms with Crippen LogP contribution in [0.4, 0.5) is 10.2 Å². The molecule has 3 aromatic rings. The Morgan fingerprint density at radius 2 is 1.93 bits per heavy atom. The van der Waals surface area contributed by atoms with Gasteiger partial charge < -0.3 is 14.4 Å². The Balaban J connectivity index is 1.54. The third-order valence-electron chi connectivity index (χ3n) is 5.59. The van der Waals surface area contributed by atoms with Crippen molar-refractivity contribution >= 4 is 22.7 Å². The molecule has 0 N–H and O–H groups in total. The molecule has 6 heteroatoms. The van der Waals surface area contributed by atoms with Crippen molar-refractivity contribution in [2.24, 2.45) is 5.92 Å². The van der Waals surface area contributed by atoms with E-state index in [1.807, 2.05) is 31.2 Å². The SMILES string of the molecule is CCOC(=O)C1CCN(c2ccc3cc(-c4ccc(F)cc4OC)ccc3n2)CC1. The van der Waals surface area contributed by atoms with Crippen LogP contribution in [0, 0.1) is 11.7 Å². The van der Waals surface area contributed by atoms with Gasteiger partial charge in [0, 0.05) is 30.1 Å². The highest BCUT2D eigenvalue weighted by atomic mass is 19.1. The van der Waals surface area contributed by atoms with Crippen LogP contribution in [0.25, 0.3) is 22.0 Å². The van der Waals surface area contributed by atoms with Gasteiger partial charge in [-0.3, -0.25) is 4.79 Å². The fourth-order valence-electron chi connectivity index (χ4n) is 3.97. The Labute approximate surface area is 175 Å². The summed E-state index contributed by atoms with van der Waals surface area (Å²) < 4.78 is 24.0. The van der Waals surface area contributed by atoms with Crippen molar-refractivity contribution in [1.82, 2.24) is 4.98 Å². The van der Waals surface area contributed by atoms with Gasteiger partial charge in [0.25, 0.3) is 0 Å². The van der Waals surface area contributed by atoms with Crippen molar-refractivity contribution in [2.75, 3.05) is 31.7 Å². The predicted molar refractivity (Wildman–Crippen MR) is 115 cm³/mol. The number of ether oxygens (including phenoxy) is 2. The summed E-state index contributed by atoms with van der Waals surface area (Å²) in [5.41, 5.74) is 2.68. The Morgan fingerprint density at radius 1 is 1.13 bits per heavy atom. The highest BCUT2D eigenvalue weighted by Gasteiger charge is 2.26. The molecule has 156 valence electrons. The lowest BCUT2D eigenvalue weighted by molar-refractivity contribution is -0.148. The quantitative estimate of drug-likeness (QED) is 0.566. The van der Waals surface area contributed by atoms with Crippen molar-refractivity contribution in [1.29, 1.82) is 0 Å². The number of hydrogen-bond acceptors (Lipinski definition) is 5. The van der Waals surface area contributed by atoms with E-state index < -0.39 is 0 Å². The minimum Gasteiger partial charge on any atom is -0.496 e. The number of esters is 1. The maximum absolute atomic E-state index is 13.5. The van der Waals surface area contributed by atoms with Crippen LogP contribution in [0.1, 0.15) is 19.8 Å². The predicted octanol–water partition coefficient (Wildman–Crippen LogP) is 4.83. The van der Waals surface area contributed by atoms with Gasteiger partial charge in [-0.25, -0.2) is 9.37 Å². The van der Waals surface area contributed by atoms with Crippen molar-refractivity contribution in [3.05, 3.63) is 54.3 Å². The van der Waals surface area contributed by atoms with Gasteiger partial charge in [-0.1, -0.05) is 6.07 Å². The zero-order valence-corrected chi connectivity index (χ0v) is 17.2. The Kier molecular flexibility index (Phi) is 5.84. The van der Waals surface area contributed by atoms with Crippen LogP contribution in [0.3, 0.4) is 0 Å². The Bertz CT molecular complexity index is 1060. The molecule has 5 nitrogen and oxygen atoms in total. The number of anilines is 1. The molecule has 1 aromatic heterocycles. The summed E-state index contributed by atoms with van der Waals surface area (Å²) >= 11 is 0. The first kappa shape index (κ1) is 20.1. The summed E-state index contributed by atoms with van der Waals surface area (Å²) in [7, 11) is 1.54. The van der Waals surface area contributed by atoms with E-state index >= 15 is 0 Å². The molecule has 1 fully saturated rings. The van der Waals surface area contributed by atoms with Crippen LogP contribution in [0.2, 0.25) is 0 Å². The average Bonchev–Trinajstić information content (AvgIpc) is 2.78. The van der Waals surface area contributed by atoms with Gasteiger partial charge >= 0.3 is 5.97 Å². The number of carbonyl (C=O) groups excluding carboxylic acids is 1. The molecule has 0 saturated carbocycles. The number of rotatable bonds is 5. The van der Waals surface area contributed by atoms with Crippen LogP contribution < -0.4 is 9.64 Å². The molecule has 0 aliphatic carbocycles. The van der Waals surface area contributed by atoms with Crippen LogP contribution in [0.15, 0.2) is 48.5 Å². The topological polar surface area (TPSA) is 51.7 Å². The van der Waals surface area contributed by atoms with Gasteiger partial charge in [-0.2, -0.15) is 0 Å². The molecule has 0 amide bonds. The van der Waals surface area contributed by atoms with Gasteiger partial charge in [0.1, 0.15) is 17.4 Å². The zero-order chi connectivity index (χ0) is 21.1. The fraction of sp³-hybridized carbons (Fsp3) is 0.333. The molecule has 1 aliphatic rings. The van der Waals surface area contributed by atoms with Crippen LogP contribution in [0.5, 0.6) is 5.75 Å². The smallest absolute Gasteiger partial charge is 0.309 e. The van der Waals surface area contributed by atoms with Crippen LogP contribution in [-0.4, -0.2) is 37.8 Å². The number of piperidine rings is 1. The second kappa shape index (κ2) is 8.69. The summed E-state index contributed by atoms with van der Waals surface area (Å²) in [6.07, 6.45) is 1.56. The maximum Gasteiger partial charge on any atom is 0.309 e. The van der Waals surface area contributed by atoms with E-state index in [0.29, 0.717) is 12.4 Å². The second-order valence-electron chi connectivity index (χ2n) is 7.43. The molecule has 30 heavy (non-hydrogen) atoms. The molecule has 0 radical (unpaired) electrons. The maximum atomic E-state index is 13.5. The molecule has 0 unspecified atom stereocenters. The van der Waals surface area contributed by atoms with Gasteiger partial charge in [0.15, 0.2) is 0 Å². The Morgan fingerprint density at radius 3 is 2.67 bits per heavy atom. The number of nitrogens with zero attached hydrogens (tertiary/aromatic N) is 2. The van der Waals surface area contributed by atoms with Gasteiger partial charge in [0.05, 0.1) is 25.2 Å². The van der Waals surface area contributed by atoms with Crippen LogP contribution in [-0.2, 0) is 9.53 Å². The molecular weight excluding hydrogens is 383 g/mol. The summed E-state index contributed by atoms with van der Waals surface area (Å²) in [5.74, 6) is 0.983. The third kappa shape index (κ3) is 4.08. The lowest BCUT2D eigenvalue weighted by Crippen LogP contribution is -2.37. The minimum absolute atomic E-state index is 0.0186. The lowest BCUT2D eigenvalue weighted by atomic mass is 9.97. The molecule has 2 heterocycles. The average molecular weight is 408 g/mol. The van der Waals surface area contributed by atoms with Crippen molar-refractivity contribution in [3.8, 4) is 16.9 Å². The van der Waals surface area contributed by atoms with Crippen LogP contribution >= 0.6 is 0 Å². The fourth-order valence-corrected chi connectivity index (χ4v) is 3.97. The van der Waals surface area contributed by atoms with Gasteiger partial charge in [-0.15, -0.1) is 0 Å². The summed E-state index contributed by atoms with van der Waals surface area (Å²) in [4.78, 5) is 19.0. The zero-order valence-electron chi connectivity index (χ0n) is 17.2. The van der Waals surface area contributed by atoms with E-state index in [-0.39, 0.29) is 17.7 Å². The van der Waals surface area contributed by atoms with Crippen molar-refractivity contribution < 1.29 is 18.7 Å². The number of aromatic nitrogens is 1. The molecular formula is C24H25FN2O3. The number of hydrogen-bond donors (Lipinski definition) is 0. The summed E-state index contributed by atoms with van der Waals surface area (Å²) in [6, 6.07) is 14.6. The largest absolute Gasteiger partial charge is 0.496 e. The second-order valence-corrected chi connectivity index (χ2v) is 7.43. The highest BCUT2D eigenvalue weighted by Crippen LogP contribution is 2.33. The van der Waals surface area contributed by atoms with Gasteiger partial charge in [0.2, 0.25) is 0 Å². The van der Waals surface area contributed by atoms with E-state index in [2.05, 4.69) is 11.0 Å². The van der Waals surface area contributed by atoms with Gasteiger partial charge in [-0.05, 0) is 61.7 Å². The normalized spacial score (nSPS) is 14.7.